The molecule has 7 nitrogen and oxygen atoms in total. The smallest absolute Gasteiger partial charge is 0.437 e. The first-order valence-corrected chi connectivity index (χ1v) is 7.68. The third-order valence-electron chi connectivity index (χ3n) is 3.23. The number of amides is 2. The van der Waals surface area contributed by atoms with E-state index in [4.69, 9.17) is 9.57 Å². The third-order valence-corrected chi connectivity index (χ3v) is 3.23. The molecule has 0 aliphatic carbocycles. The van der Waals surface area contributed by atoms with Crippen LogP contribution in [0.2, 0.25) is 0 Å². The van der Waals surface area contributed by atoms with Gasteiger partial charge < -0.3 is 10.1 Å². The van der Waals surface area contributed by atoms with Gasteiger partial charge in [0.2, 0.25) is 0 Å². The minimum absolute atomic E-state index is 0.227. The van der Waals surface area contributed by atoms with Gasteiger partial charge in [-0.2, -0.15) is 0 Å². The SMILES string of the molecule is CC(=NOC(=O)Nc1ccc(C)cc1)C(C)(C)NC(=O)OC(C)C. The summed E-state index contributed by atoms with van der Waals surface area (Å²) in [6, 6.07) is 7.27. The Hall–Kier alpha value is -2.57. The number of anilines is 1. The van der Waals surface area contributed by atoms with Gasteiger partial charge in [-0.3, -0.25) is 10.2 Å². The van der Waals surface area contributed by atoms with Gasteiger partial charge >= 0.3 is 12.2 Å². The largest absolute Gasteiger partial charge is 0.447 e. The highest BCUT2D eigenvalue weighted by Gasteiger charge is 2.26. The molecule has 24 heavy (non-hydrogen) atoms. The van der Waals surface area contributed by atoms with Crippen LogP contribution in [0.3, 0.4) is 0 Å². The zero-order valence-electron chi connectivity index (χ0n) is 15.0. The number of alkyl carbamates (subject to hydrolysis) is 1. The van der Waals surface area contributed by atoms with Gasteiger partial charge in [0.15, 0.2) is 0 Å². The molecule has 0 saturated carbocycles. The maximum absolute atomic E-state index is 11.7. The molecular formula is C17H25N3O4. The zero-order chi connectivity index (χ0) is 18.3. The van der Waals surface area contributed by atoms with Crippen molar-refractivity contribution in [1.82, 2.24) is 5.32 Å². The lowest BCUT2D eigenvalue weighted by atomic mass is 10.0. The molecule has 0 atom stereocenters. The fraction of sp³-hybridized carbons (Fsp3) is 0.471. The highest BCUT2D eigenvalue weighted by molar-refractivity contribution is 5.94. The van der Waals surface area contributed by atoms with Gasteiger partial charge in [0.25, 0.3) is 0 Å². The van der Waals surface area contributed by atoms with Crippen molar-refractivity contribution in [3.63, 3.8) is 0 Å². The summed E-state index contributed by atoms with van der Waals surface area (Å²) >= 11 is 0. The first-order valence-electron chi connectivity index (χ1n) is 7.68. The van der Waals surface area contributed by atoms with Crippen molar-refractivity contribution in [1.29, 1.82) is 0 Å². The number of benzene rings is 1. The molecule has 0 aliphatic heterocycles. The van der Waals surface area contributed by atoms with Gasteiger partial charge in [0.1, 0.15) is 0 Å². The van der Waals surface area contributed by atoms with Crippen molar-refractivity contribution in [3.8, 4) is 0 Å². The summed E-state index contributed by atoms with van der Waals surface area (Å²) in [5, 5.41) is 9.00. The predicted molar refractivity (Wildman–Crippen MR) is 93.2 cm³/mol. The van der Waals surface area contributed by atoms with Crippen LogP contribution in [-0.4, -0.2) is 29.5 Å². The lowest BCUT2D eigenvalue weighted by Gasteiger charge is -2.25. The van der Waals surface area contributed by atoms with Gasteiger partial charge in [-0.25, -0.2) is 9.59 Å². The monoisotopic (exact) mass is 335 g/mol. The summed E-state index contributed by atoms with van der Waals surface area (Å²) < 4.78 is 5.03. The summed E-state index contributed by atoms with van der Waals surface area (Å²) in [7, 11) is 0. The average Bonchev–Trinajstić information content (AvgIpc) is 2.45. The van der Waals surface area contributed by atoms with Crippen LogP contribution in [0.1, 0.15) is 40.2 Å². The summed E-state index contributed by atoms with van der Waals surface area (Å²) in [6.45, 7) is 10.6. The van der Waals surface area contributed by atoms with E-state index in [1.807, 2.05) is 19.1 Å². The molecule has 7 heteroatoms. The number of carbonyl (C=O) groups excluding carboxylic acids is 2. The van der Waals surface area contributed by atoms with E-state index in [1.54, 1.807) is 46.8 Å². The molecule has 2 amide bonds. The van der Waals surface area contributed by atoms with Crippen LogP contribution >= 0.6 is 0 Å². The van der Waals surface area contributed by atoms with Crippen LogP contribution in [0.25, 0.3) is 0 Å². The van der Waals surface area contributed by atoms with Crippen molar-refractivity contribution < 1.29 is 19.2 Å². The van der Waals surface area contributed by atoms with Crippen LogP contribution in [0.15, 0.2) is 29.4 Å². The van der Waals surface area contributed by atoms with Gasteiger partial charge in [-0.15, -0.1) is 0 Å². The highest BCUT2D eigenvalue weighted by atomic mass is 16.7. The van der Waals surface area contributed by atoms with Crippen molar-refractivity contribution >= 4 is 23.6 Å². The second kappa shape index (κ2) is 8.33. The first kappa shape index (κ1) is 19.5. The Balaban J connectivity index is 2.59. The van der Waals surface area contributed by atoms with Gasteiger partial charge in [-0.05, 0) is 53.7 Å². The lowest BCUT2D eigenvalue weighted by Crippen LogP contribution is -2.49. The Morgan fingerprint density at radius 3 is 2.25 bits per heavy atom. The Kier molecular flexibility index (Phi) is 6.76. The van der Waals surface area contributed by atoms with Crippen LogP contribution in [-0.2, 0) is 9.57 Å². The first-order chi connectivity index (χ1) is 11.1. The average molecular weight is 335 g/mol. The highest BCUT2D eigenvalue weighted by Crippen LogP contribution is 2.10. The van der Waals surface area contributed by atoms with Crippen LogP contribution < -0.4 is 10.6 Å². The van der Waals surface area contributed by atoms with Crippen molar-refractivity contribution in [2.24, 2.45) is 5.16 Å². The van der Waals surface area contributed by atoms with Crippen LogP contribution in [0.4, 0.5) is 15.3 Å². The molecule has 0 bridgehead atoms. The van der Waals surface area contributed by atoms with Crippen molar-refractivity contribution in [2.75, 3.05) is 5.32 Å². The van der Waals surface area contributed by atoms with Gasteiger partial charge in [-0.1, -0.05) is 22.9 Å². The number of nitrogens with one attached hydrogen (secondary N) is 2. The Bertz CT molecular complexity index is 607. The lowest BCUT2D eigenvalue weighted by molar-refractivity contribution is 0.111. The number of carbonyl (C=O) groups is 2. The standard InChI is InChI=1S/C17H25N3O4/c1-11(2)23-16(22)19-17(5,6)13(4)20-24-15(21)18-14-9-7-12(3)8-10-14/h7-11H,1-6H3,(H,18,21)(H,19,22). The molecule has 0 radical (unpaired) electrons. The second-order valence-corrected chi connectivity index (χ2v) is 6.25. The predicted octanol–water partition coefficient (Wildman–Crippen LogP) is 3.83. The van der Waals surface area contributed by atoms with E-state index in [0.29, 0.717) is 11.4 Å². The number of oxime groups is 1. The summed E-state index contributed by atoms with van der Waals surface area (Å²) in [5.41, 5.74) is 1.29. The minimum Gasteiger partial charge on any atom is -0.447 e. The Labute approximate surface area is 142 Å². The second-order valence-electron chi connectivity index (χ2n) is 6.25. The van der Waals surface area contributed by atoms with Crippen molar-refractivity contribution in [2.45, 2.75) is 53.2 Å². The van der Waals surface area contributed by atoms with E-state index in [9.17, 15) is 9.59 Å². The van der Waals surface area contributed by atoms with E-state index >= 15 is 0 Å². The molecule has 1 aromatic carbocycles. The topological polar surface area (TPSA) is 89.0 Å². The van der Waals surface area contributed by atoms with Crippen LogP contribution in [0.5, 0.6) is 0 Å². The van der Waals surface area contributed by atoms with E-state index in [2.05, 4.69) is 15.8 Å². The number of aryl methyl sites for hydroxylation is 1. The quantitative estimate of drug-likeness (QED) is 0.486. The molecule has 2 N–H and O–H groups in total. The maximum Gasteiger partial charge on any atom is 0.437 e. The zero-order valence-corrected chi connectivity index (χ0v) is 15.0. The maximum atomic E-state index is 11.7. The number of rotatable bonds is 5. The number of nitrogens with zero attached hydrogens (tertiary/aromatic N) is 1. The Morgan fingerprint density at radius 2 is 1.71 bits per heavy atom. The van der Waals surface area contributed by atoms with Crippen molar-refractivity contribution in [3.05, 3.63) is 29.8 Å². The van der Waals surface area contributed by atoms with E-state index in [0.717, 1.165) is 5.56 Å². The molecule has 0 fully saturated rings. The molecule has 0 heterocycles. The minimum atomic E-state index is -0.823. The third kappa shape index (κ3) is 6.68. The van der Waals surface area contributed by atoms with E-state index < -0.39 is 17.7 Å². The van der Waals surface area contributed by atoms with E-state index in [-0.39, 0.29) is 6.10 Å². The molecule has 0 unspecified atom stereocenters. The molecule has 1 rings (SSSR count). The van der Waals surface area contributed by atoms with E-state index in [1.165, 1.54) is 0 Å². The van der Waals surface area contributed by atoms with Crippen LogP contribution in [0, 0.1) is 6.92 Å². The number of ether oxygens (including phenoxy) is 1. The normalized spacial score (nSPS) is 11.9. The number of hydrogen-bond donors (Lipinski definition) is 2. The fourth-order valence-corrected chi connectivity index (χ4v) is 1.59. The molecule has 0 aliphatic rings. The van der Waals surface area contributed by atoms with Gasteiger partial charge in [0.05, 0.1) is 17.4 Å². The Morgan fingerprint density at radius 1 is 1.12 bits per heavy atom. The fourth-order valence-electron chi connectivity index (χ4n) is 1.59. The molecule has 132 valence electrons. The summed E-state index contributed by atoms with van der Waals surface area (Å²) in [6.07, 6.45) is -1.50. The number of hydrogen-bond acceptors (Lipinski definition) is 5. The summed E-state index contributed by atoms with van der Waals surface area (Å²) in [4.78, 5) is 28.2. The van der Waals surface area contributed by atoms with Gasteiger partial charge in [0, 0.05) is 5.69 Å². The summed E-state index contributed by atoms with van der Waals surface area (Å²) in [5.74, 6) is 0. The molecule has 1 aromatic rings. The molecular weight excluding hydrogens is 310 g/mol. The molecule has 0 aromatic heterocycles. The molecule has 0 saturated heterocycles. The molecule has 0 spiro atoms.